The van der Waals surface area contributed by atoms with Crippen LogP contribution in [0.15, 0.2) is 53.7 Å². The number of ketones is 1. The third-order valence-electron chi connectivity index (χ3n) is 3.92. The first-order valence-electron chi connectivity index (χ1n) is 7.88. The molecule has 0 unspecified atom stereocenters. The van der Waals surface area contributed by atoms with E-state index in [1.165, 1.54) is 29.0 Å². The first kappa shape index (κ1) is 20.8. The fraction of sp³-hybridized carbons (Fsp3) is 0.0588. The number of aryl methyl sites for hydroxylation is 1. The lowest BCUT2D eigenvalue weighted by Crippen LogP contribution is -2.17. The Balaban J connectivity index is 2.04. The van der Waals surface area contributed by atoms with Crippen LogP contribution in [0.3, 0.4) is 0 Å². The van der Waals surface area contributed by atoms with Gasteiger partial charge in [0.05, 0.1) is 21.1 Å². The number of carbonyl (C=O) groups excluding carboxylic acids is 1. The molecule has 1 N–H and O–H groups in total. The second-order valence-electron chi connectivity index (χ2n) is 5.86. The maximum Gasteiger partial charge on any atom is 0.289 e. The number of halogens is 2. The molecule has 9 nitrogen and oxygen atoms in total. The van der Waals surface area contributed by atoms with E-state index in [1.807, 2.05) is 0 Å². The van der Waals surface area contributed by atoms with E-state index in [0.717, 1.165) is 18.2 Å². The zero-order valence-electron chi connectivity index (χ0n) is 14.7. The van der Waals surface area contributed by atoms with Crippen molar-refractivity contribution >= 4 is 50.4 Å². The third kappa shape index (κ3) is 4.24. The Morgan fingerprint density at radius 1 is 1.21 bits per heavy atom. The summed E-state index contributed by atoms with van der Waals surface area (Å²) in [6.07, 6.45) is 2.99. The number of rotatable bonds is 6. The summed E-state index contributed by atoms with van der Waals surface area (Å²) < 4.78 is 29.3. The number of carbonyl (C=O) groups is 1. The van der Waals surface area contributed by atoms with Gasteiger partial charge in [0.25, 0.3) is 15.7 Å². The summed E-state index contributed by atoms with van der Waals surface area (Å²) in [5.41, 5.74) is -0.645. The quantitative estimate of drug-likeness (QED) is 0.344. The van der Waals surface area contributed by atoms with E-state index in [0.29, 0.717) is 0 Å². The van der Waals surface area contributed by atoms with Crippen molar-refractivity contribution in [3.05, 3.63) is 80.3 Å². The number of nitrogens with zero attached hydrogens (tertiary/aromatic N) is 3. The van der Waals surface area contributed by atoms with Crippen molar-refractivity contribution in [3.63, 3.8) is 0 Å². The highest BCUT2D eigenvalue weighted by atomic mass is 35.5. The van der Waals surface area contributed by atoms with Crippen LogP contribution in [-0.2, 0) is 17.1 Å². The number of benzene rings is 2. The van der Waals surface area contributed by atoms with Gasteiger partial charge in [-0.3, -0.25) is 19.6 Å². The van der Waals surface area contributed by atoms with Crippen molar-refractivity contribution in [1.82, 2.24) is 9.55 Å². The van der Waals surface area contributed by atoms with Crippen molar-refractivity contribution in [2.75, 3.05) is 4.72 Å². The smallest absolute Gasteiger partial charge is 0.289 e. The molecular weight excluding hydrogens is 443 g/mol. The third-order valence-corrected chi connectivity index (χ3v) is 5.84. The van der Waals surface area contributed by atoms with Crippen LogP contribution in [0.5, 0.6) is 0 Å². The highest BCUT2D eigenvalue weighted by molar-refractivity contribution is 7.92. The van der Waals surface area contributed by atoms with E-state index in [9.17, 15) is 23.3 Å². The van der Waals surface area contributed by atoms with Gasteiger partial charge in [0, 0.05) is 30.5 Å². The zero-order valence-corrected chi connectivity index (χ0v) is 17.0. The summed E-state index contributed by atoms with van der Waals surface area (Å²) in [6, 6.07) is 7.09. The van der Waals surface area contributed by atoms with E-state index < -0.39 is 26.4 Å². The van der Waals surface area contributed by atoms with Crippen molar-refractivity contribution in [3.8, 4) is 0 Å². The Morgan fingerprint density at radius 2 is 1.93 bits per heavy atom. The molecule has 12 heteroatoms. The van der Waals surface area contributed by atoms with Crippen LogP contribution in [0, 0.1) is 10.1 Å². The van der Waals surface area contributed by atoms with Crippen LogP contribution in [0.25, 0.3) is 0 Å². The van der Waals surface area contributed by atoms with Gasteiger partial charge in [0.2, 0.25) is 5.78 Å². The summed E-state index contributed by atoms with van der Waals surface area (Å²) in [7, 11) is -2.66. The van der Waals surface area contributed by atoms with Crippen LogP contribution in [0.2, 0.25) is 10.0 Å². The Kier molecular flexibility index (Phi) is 5.60. The van der Waals surface area contributed by atoms with Gasteiger partial charge in [-0.25, -0.2) is 13.4 Å². The number of aromatic nitrogens is 2. The molecule has 0 radical (unpaired) electrons. The molecule has 150 valence electrons. The van der Waals surface area contributed by atoms with Gasteiger partial charge in [0.1, 0.15) is 5.02 Å². The number of hydrogen-bond acceptors (Lipinski definition) is 6. The molecule has 0 aliphatic carbocycles. The molecule has 0 atom stereocenters. The van der Waals surface area contributed by atoms with Gasteiger partial charge in [-0.1, -0.05) is 23.2 Å². The number of imidazole rings is 1. The van der Waals surface area contributed by atoms with Crippen molar-refractivity contribution < 1.29 is 18.1 Å². The number of nitrogens with one attached hydrogen (secondary N) is 1. The monoisotopic (exact) mass is 454 g/mol. The first-order chi connectivity index (χ1) is 13.6. The van der Waals surface area contributed by atoms with Crippen LogP contribution >= 0.6 is 23.2 Å². The van der Waals surface area contributed by atoms with E-state index in [2.05, 4.69) is 9.71 Å². The number of anilines is 1. The van der Waals surface area contributed by atoms with Gasteiger partial charge in [-0.2, -0.15) is 0 Å². The molecule has 29 heavy (non-hydrogen) atoms. The van der Waals surface area contributed by atoms with Gasteiger partial charge in [-0.15, -0.1) is 0 Å². The highest BCUT2D eigenvalue weighted by Gasteiger charge is 2.24. The molecule has 1 aromatic heterocycles. The SMILES string of the molecule is Cn1ccnc1C(=O)c1cc(Cl)ccc1NS(=O)(=O)c1ccc(Cl)c([N+](=O)[O-])c1. The minimum atomic E-state index is -4.27. The van der Waals surface area contributed by atoms with Crippen LogP contribution in [0.1, 0.15) is 16.2 Å². The lowest BCUT2D eigenvalue weighted by Gasteiger charge is -2.13. The molecule has 0 saturated carbocycles. The summed E-state index contributed by atoms with van der Waals surface area (Å²) in [6.45, 7) is 0. The van der Waals surface area contributed by atoms with Crippen LogP contribution in [0.4, 0.5) is 11.4 Å². The summed E-state index contributed by atoms with van der Waals surface area (Å²) >= 11 is 11.7. The van der Waals surface area contributed by atoms with E-state index in [1.54, 1.807) is 13.2 Å². The minimum absolute atomic E-state index is 0.0289. The van der Waals surface area contributed by atoms with Gasteiger partial charge < -0.3 is 4.57 Å². The fourth-order valence-corrected chi connectivity index (χ4v) is 3.96. The highest BCUT2D eigenvalue weighted by Crippen LogP contribution is 2.30. The van der Waals surface area contributed by atoms with Crippen molar-refractivity contribution in [1.29, 1.82) is 0 Å². The molecule has 0 spiro atoms. The predicted molar refractivity (Wildman–Crippen MR) is 107 cm³/mol. The maximum absolute atomic E-state index is 12.8. The molecule has 0 fully saturated rings. The molecule has 0 amide bonds. The Morgan fingerprint density at radius 3 is 2.55 bits per heavy atom. The second-order valence-corrected chi connectivity index (χ2v) is 8.38. The lowest BCUT2D eigenvalue weighted by molar-refractivity contribution is -0.384. The van der Waals surface area contributed by atoms with Gasteiger partial charge in [-0.05, 0) is 30.3 Å². The number of sulfonamides is 1. The molecular formula is C17H12Cl2N4O5S. The predicted octanol–water partition coefficient (Wildman–Crippen LogP) is 3.67. The molecule has 0 aliphatic heterocycles. The molecule has 0 aliphatic rings. The normalized spacial score (nSPS) is 11.3. The van der Waals surface area contributed by atoms with Crippen LogP contribution in [-0.4, -0.2) is 28.7 Å². The molecule has 0 saturated heterocycles. The average Bonchev–Trinajstić information content (AvgIpc) is 3.08. The van der Waals surface area contributed by atoms with Crippen LogP contribution < -0.4 is 4.72 Å². The van der Waals surface area contributed by atoms with Crippen molar-refractivity contribution in [2.24, 2.45) is 7.05 Å². The number of hydrogen-bond donors (Lipinski definition) is 1. The Labute approximate surface area is 175 Å². The second kappa shape index (κ2) is 7.82. The van der Waals surface area contributed by atoms with E-state index in [4.69, 9.17) is 23.2 Å². The standard InChI is InChI=1S/C17H12Cl2N4O5S/c1-22-7-6-20-17(22)16(24)12-8-10(18)2-5-14(12)21-29(27,28)11-3-4-13(19)15(9-11)23(25)26/h2-9,21H,1H3. The number of nitro groups is 1. The molecule has 3 rings (SSSR count). The zero-order chi connectivity index (χ0) is 21.3. The largest absolute Gasteiger partial charge is 0.331 e. The summed E-state index contributed by atoms with van der Waals surface area (Å²) in [4.78, 5) is 26.6. The maximum atomic E-state index is 12.8. The molecule has 0 bridgehead atoms. The lowest BCUT2D eigenvalue weighted by atomic mass is 10.1. The van der Waals surface area contributed by atoms with Gasteiger partial charge in [0.15, 0.2) is 5.82 Å². The van der Waals surface area contributed by atoms with E-state index in [-0.39, 0.29) is 32.0 Å². The Bertz CT molecular complexity index is 1240. The fourth-order valence-electron chi connectivity index (χ4n) is 2.50. The molecule has 2 aromatic carbocycles. The van der Waals surface area contributed by atoms with Crippen molar-refractivity contribution in [2.45, 2.75) is 4.90 Å². The Hall–Kier alpha value is -2.95. The average molecular weight is 455 g/mol. The number of nitro benzene ring substituents is 1. The van der Waals surface area contributed by atoms with E-state index >= 15 is 0 Å². The first-order valence-corrected chi connectivity index (χ1v) is 10.1. The summed E-state index contributed by atoms with van der Waals surface area (Å²) in [5, 5.41) is 11.1. The van der Waals surface area contributed by atoms with Gasteiger partial charge >= 0.3 is 0 Å². The molecule has 3 aromatic rings. The molecule has 1 heterocycles. The topological polar surface area (TPSA) is 124 Å². The minimum Gasteiger partial charge on any atom is -0.331 e. The summed E-state index contributed by atoms with van der Waals surface area (Å²) in [5.74, 6) is -0.477.